The van der Waals surface area contributed by atoms with E-state index in [1.165, 1.54) is 11.1 Å². The van der Waals surface area contributed by atoms with Crippen molar-refractivity contribution in [1.29, 1.82) is 0 Å². The molecule has 3 aromatic rings. The van der Waals surface area contributed by atoms with E-state index < -0.39 is 0 Å². The maximum atomic E-state index is 4.51. The minimum Gasteiger partial charge on any atom is -0.363 e. The van der Waals surface area contributed by atoms with Gasteiger partial charge in [0.1, 0.15) is 12.1 Å². The molecule has 5 nitrogen and oxygen atoms in total. The molecule has 0 fully saturated rings. The molecule has 2 heterocycles. The molecule has 23 heavy (non-hydrogen) atoms. The molecule has 0 bridgehead atoms. The van der Waals surface area contributed by atoms with E-state index in [1.807, 2.05) is 0 Å². The average Bonchev–Trinajstić information content (AvgIpc) is 3.11. The Balaban J connectivity index is 1.76. The number of aromatic nitrogens is 4. The van der Waals surface area contributed by atoms with Crippen LogP contribution in [0, 0.1) is 0 Å². The van der Waals surface area contributed by atoms with Crippen LogP contribution < -0.4 is 5.32 Å². The van der Waals surface area contributed by atoms with Crippen LogP contribution in [0.3, 0.4) is 0 Å². The zero-order valence-electron chi connectivity index (χ0n) is 13.7. The lowest BCUT2D eigenvalue weighted by Gasteiger charge is -2.20. The summed E-state index contributed by atoms with van der Waals surface area (Å²) in [6, 6.07) is 11.1. The first kappa shape index (κ1) is 14.2. The molecule has 1 N–H and O–H groups in total. The summed E-state index contributed by atoms with van der Waals surface area (Å²) in [5, 5.41) is 7.99. The minimum atomic E-state index is 0.177. The largest absolute Gasteiger partial charge is 0.363 e. The highest BCUT2D eigenvalue weighted by molar-refractivity contribution is 5.50. The van der Waals surface area contributed by atoms with Crippen molar-refractivity contribution in [3.63, 3.8) is 0 Å². The van der Waals surface area contributed by atoms with Crippen LogP contribution in [0.5, 0.6) is 0 Å². The third-order valence-electron chi connectivity index (χ3n) is 4.77. The molecule has 1 aliphatic rings. The summed E-state index contributed by atoms with van der Waals surface area (Å²) in [6.45, 7) is 6.72. The van der Waals surface area contributed by atoms with Crippen LogP contribution in [-0.2, 0) is 11.8 Å². The van der Waals surface area contributed by atoms with Crippen LogP contribution in [0.15, 0.2) is 36.7 Å². The quantitative estimate of drug-likeness (QED) is 0.804. The molecule has 0 radical (unpaired) electrons. The molecule has 4 rings (SSSR count). The number of hydrogen-bond acceptors (Lipinski definition) is 4. The molecule has 0 saturated carbocycles. The molecule has 1 aliphatic carbocycles. The van der Waals surface area contributed by atoms with Crippen LogP contribution in [0.2, 0.25) is 0 Å². The SMILES string of the molecule is CCc1cc(NC2CC(C)(C)c3ccccc32)n2ncnc2n1. The second kappa shape index (κ2) is 5.05. The normalized spacial score (nSPS) is 19.0. The molecule has 2 aromatic heterocycles. The van der Waals surface area contributed by atoms with Gasteiger partial charge in [0.15, 0.2) is 0 Å². The number of hydrogen-bond donors (Lipinski definition) is 1. The van der Waals surface area contributed by atoms with E-state index >= 15 is 0 Å². The maximum Gasteiger partial charge on any atom is 0.254 e. The lowest BCUT2D eigenvalue weighted by molar-refractivity contribution is 0.492. The highest BCUT2D eigenvalue weighted by Crippen LogP contribution is 2.45. The highest BCUT2D eigenvalue weighted by atomic mass is 15.4. The number of anilines is 1. The highest BCUT2D eigenvalue weighted by Gasteiger charge is 2.36. The Kier molecular flexibility index (Phi) is 3.11. The summed E-state index contributed by atoms with van der Waals surface area (Å²) in [5.74, 6) is 1.61. The van der Waals surface area contributed by atoms with E-state index in [0.717, 1.165) is 24.4 Å². The second-order valence-corrected chi connectivity index (χ2v) is 6.83. The number of rotatable bonds is 3. The number of nitrogens with zero attached hydrogens (tertiary/aromatic N) is 4. The molecular formula is C18H21N5. The van der Waals surface area contributed by atoms with Crippen molar-refractivity contribution in [3.8, 4) is 0 Å². The zero-order chi connectivity index (χ0) is 16.0. The van der Waals surface area contributed by atoms with Crippen LogP contribution in [0.25, 0.3) is 5.78 Å². The van der Waals surface area contributed by atoms with Crippen molar-refractivity contribution in [1.82, 2.24) is 19.6 Å². The van der Waals surface area contributed by atoms with Gasteiger partial charge in [-0.25, -0.2) is 4.98 Å². The lowest BCUT2D eigenvalue weighted by Crippen LogP contribution is -2.16. The monoisotopic (exact) mass is 307 g/mol. The van der Waals surface area contributed by atoms with E-state index in [0.29, 0.717) is 5.78 Å². The van der Waals surface area contributed by atoms with Gasteiger partial charge in [-0.05, 0) is 29.4 Å². The minimum absolute atomic E-state index is 0.177. The second-order valence-electron chi connectivity index (χ2n) is 6.83. The van der Waals surface area contributed by atoms with Crippen molar-refractivity contribution in [3.05, 3.63) is 53.5 Å². The Morgan fingerprint density at radius 1 is 1.30 bits per heavy atom. The predicted octanol–water partition coefficient (Wildman–Crippen LogP) is 3.52. The van der Waals surface area contributed by atoms with Crippen molar-refractivity contribution in [2.45, 2.75) is 45.1 Å². The van der Waals surface area contributed by atoms with E-state index in [2.05, 4.69) is 71.5 Å². The van der Waals surface area contributed by atoms with Gasteiger partial charge in [-0.1, -0.05) is 45.0 Å². The fourth-order valence-corrected chi connectivity index (χ4v) is 3.60. The molecule has 0 aliphatic heterocycles. The van der Waals surface area contributed by atoms with E-state index in [1.54, 1.807) is 10.8 Å². The summed E-state index contributed by atoms with van der Waals surface area (Å²) in [4.78, 5) is 8.75. The van der Waals surface area contributed by atoms with Crippen molar-refractivity contribution in [2.24, 2.45) is 0 Å². The Morgan fingerprint density at radius 3 is 2.96 bits per heavy atom. The molecule has 118 valence electrons. The Morgan fingerprint density at radius 2 is 2.13 bits per heavy atom. The summed E-state index contributed by atoms with van der Waals surface area (Å²) in [6.07, 6.45) is 3.50. The fraction of sp³-hybridized carbons (Fsp3) is 0.389. The number of benzene rings is 1. The Bertz CT molecular complexity index is 865. The van der Waals surface area contributed by atoms with Crippen LogP contribution >= 0.6 is 0 Å². The molecule has 0 amide bonds. The summed E-state index contributed by atoms with van der Waals surface area (Å²) >= 11 is 0. The number of aryl methyl sites for hydroxylation is 1. The zero-order valence-corrected chi connectivity index (χ0v) is 13.7. The first-order valence-electron chi connectivity index (χ1n) is 8.14. The molecular weight excluding hydrogens is 286 g/mol. The molecule has 5 heteroatoms. The van der Waals surface area contributed by atoms with Crippen molar-refractivity contribution in [2.75, 3.05) is 5.32 Å². The van der Waals surface area contributed by atoms with Crippen molar-refractivity contribution < 1.29 is 0 Å². The average molecular weight is 307 g/mol. The lowest BCUT2D eigenvalue weighted by atomic mass is 9.86. The smallest absolute Gasteiger partial charge is 0.254 e. The van der Waals surface area contributed by atoms with Crippen LogP contribution in [0.4, 0.5) is 5.82 Å². The molecule has 0 spiro atoms. The topological polar surface area (TPSA) is 55.1 Å². The molecule has 1 unspecified atom stereocenters. The summed E-state index contributed by atoms with van der Waals surface area (Å²) in [7, 11) is 0. The van der Waals surface area contributed by atoms with Gasteiger partial charge in [0.05, 0.1) is 6.04 Å². The maximum absolute atomic E-state index is 4.51. The van der Waals surface area contributed by atoms with E-state index in [9.17, 15) is 0 Å². The summed E-state index contributed by atoms with van der Waals surface area (Å²) < 4.78 is 1.78. The number of nitrogens with one attached hydrogen (secondary N) is 1. The first-order valence-corrected chi connectivity index (χ1v) is 8.14. The summed E-state index contributed by atoms with van der Waals surface area (Å²) in [5.41, 5.74) is 4.01. The van der Waals surface area contributed by atoms with Crippen LogP contribution in [-0.4, -0.2) is 19.6 Å². The van der Waals surface area contributed by atoms with Gasteiger partial charge >= 0.3 is 0 Å². The third-order valence-corrected chi connectivity index (χ3v) is 4.77. The van der Waals surface area contributed by atoms with Gasteiger partial charge < -0.3 is 5.32 Å². The first-order chi connectivity index (χ1) is 11.1. The standard InChI is InChI=1S/C18H21N5/c1-4-12-9-16(23-17(21-12)19-11-20-23)22-15-10-18(2,3)14-8-6-5-7-13(14)15/h5-9,11,15,22H,4,10H2,1-3H3. The van der Waals surface area contributed by atoms with Gasteiger partial charge in [0.2, 0.25) is 0 Å². The Labute approximate surface area is 135 Å². The Hall–Kier alpha value is -2.43. The predicted molar refractivity (Wildman–Crippen MR) is 90.6 cm³/mol. The van der Waals surface area contributed by atoms with Gasteiger partial charge in [-0.3, -0.25) is 0 Å². The van der Waals surface area contributed by atoms with E-state index in [-0.39, 0.29) is 11.5 Å². The van der Waals surface area contributed by atoms with Crippen molar-refractivity contribution >= 4 is 11.6 Å². The molecule has 0 saturated heterocycles. The van der Waals surface area contributed by atoms with Crippen LogP contribution in [0.1, 0.15) is 50.1 Å². The van der Waals surface area contributed by atoms with Gasteiger partial charge in [0.25, 0.3) is 5.78 Å². The van der Waals surface area contributed by atoms with Gasteiger partial charge in [-0.15, -0.1) is 0 Å². The molecule has 1 aromatic carbocycles. The van der Waals surface area contributed by atoms with E-state index in [4.69, 9.17) is 0 Å². The third kappa shape index (κ3) is 2.27. The fourth-order valence-electron chi connectivity index (χ4n) is 3.60. The number of fused-ring (bicyclic) bond motifs is 2. The van der Waals surface area contributed by atoms with Gasteiger partial charge in [0, 0.05) is 11.8 Å². The molecule has 1 atom stereocenters. The van der Waals surface area contributed by atoms with Gasteiger partial charge in [-0.2, -0.15) is 14.6 Å².